The Morgan fingerprint density at radius 1 is 1.39 bits per heavy atom. The van der Waals surface area contributed by atoms with Gasteiger partial charge in [-0.3, -0.25) is 4.79 Å². The summed E-state index contributed by atoms with van der Waals surface area (Å²) >= 11 is 0. The predicted octanol–water partition coefficient (Wildman–Crippen LogP) is 0.736. The van der Waals surface area contributed by atoms with Crippen LogP contribution in [0.2, 0.25) is 0 Å². The molecule has 0 radical (unpaired) electrons. The van der Waals surface area contributed by atoms with E-state index in [-0.39, 0.29) is 18.2 Å². The molecule has 3 N–H and O–H groups in total. The number of carbonyl (C=O) groups excluding carboxylic acids is 1. The van der Waals surface area contributed by atoms with Gasteiger partial charge in [-0.2, -0.15) is 0 Å². The van der Waals surface area contributed by atoms with E-state index in [2.05, 4.69) is 10.6 Å². The first-order chi connectivity index (χ1) is 8.65. The molecule has 2 rings (SSSR count). The van der Waals surface area contributed by atoms with Gasteiger partial charge >= 0.3 is 5.97 Å². The number of carboxylic acids is 1. The van der Waals surface area contributed by atoms with Crippen molar-refractivity contribution < 1.29 is 19.1 Å². The van der Waals surface area contributed by atoms with E-state index in [0.717, 1.165) is 0 Å². The van der Waals surface area contributed by atoms with Crippen LogP contribution in [0.15, 0.2) is 16.5 Å². The largest absolute Gasteiger partial charge is 0.475 e. The van der Waals surface area contributed by atoms with Gasteiger partial charge in [0.15, 0.2) is 0 Å². The highest BCUT2D eigenvalue weighted by Gasteiger charge is 2.20. The van der Waals surface area contributed by atoms with Crippen molar-refractivity contribution >= 4 is 11.9 Å². The topological polar surface area (TPSA) is 91.6 Å². The lowest BCUT2D eigenvalue weighted by atomic mass is 10.3. The van der Waals surface area contributed by atoms with E-state index in [1.54, 1.807) is 6.07 Å². The van der Waals surface area contributed by atoms with Crippen molar-refractivity contribution in [3.8, 4) is 0 Å². The average Bonchev–Trinajstić information content (AvgIpc) is 3.02. The van der Waals surface area contributed by atoms with E-state index in [4.69, 9.17) is 9.52 Å². The summed E-state index contributed by atoms with van der Waals surface area (Å²) < 4.78 is 5.02. The minimum absolute atomic E-state index is 0.0728. The second kappa shape index (κ2) is 5.68. The van der Waals surface area contributed by atoms with Gasteiger partial charge < -0.3 is 20.2 Å². The molecule has 0 unspecified atom stereocenters. The molecule has 1 saturated carbocycles. The molecule has 0 spiro atoms. The molecule has 6 nitrogen and oxygen atoms in total. The molecule has 1 aliphatic rings. The molecular weight excluding hydrogens is 236 g/mol. The molecule has 0 aliphatic heterocycles. The summed E-state index contributed by atoms with van der Waals surface area (Å²) in [6.07, 6.45) is 2.82. The van der Waals surface area contributed by atoms with E-state index < -0.39 is 5.97 Å². The SMILES string of the molecule is O=C(CCNC1CC1)NCc1ccc(C(=O)O)o1. The van der Waals surface area contributed by atoms with Gasteiger partial charge in [0.1, 0.15) is 5.76 Å². The number of hydrogen-bond acceptors (Lipinski definition) is 4. The minimum atomic E-state index is -1.11. The third-order valence-corrected chi connectivity index (χ3v) is 2.69. The van der Waals surface area contributed by atoms with Crippen LogP contribution < -0.4 is 10.6 Å². The molecule has 6 heteroatoms. The Morgan fingerprint density at radius 2 is 2.17 bits per heavy atom. The molecule has 0 bridgehead atoms. The highest BCUT2D eigenvalue weighted by atomic mass is 16.4. The summed E-state index contributed by atoms with van der Waals surface area (Å²) in [6, 6.07) is 3.52. The number of aromatic carboxylic acids is 1. The van der Waals surface area contributed by atoms with Crippen LogP contribution >= 0.6 is 0 Å². The minimum Gasteiger partial charge on any atom is -0.475 e. The Bertz CT molecular complexity index is 437. The fraction of sp³-hybridized carbons (Fsp3) is 0.500. The molecular formula is C12H16N2O4. The maximum atomic E-state index is 11.4. The highest BCUT2D eigenvalue weighted by molar-refractivity contribution is 5.84. The number of rotatable bonds is 7. The van der Waals surface area contributed by atoms with Crippen molar-refractivity contribution in [2.75, 3.05) is 6.54 Å². The predicted molar refractivity (Wildman–Crippen MR) is 63.2 cm³/mol. The van der Waals surface area contributed by atoms with E-state index in [1.807, 2.05) is 0 Å². The first-order valence-corrected chi connectivity index (χ1v) is 5.97. The second-order valence-corrected chi connectivity index (χ2v) is 4.33. The Labute approximate surface area is 104 Å². The van der Waals surface area contributed by atoms with Crippen molar-refractivity contribution in [2.45, 2.75) is 31.8 Å². The zero-order valence-electron chi connectivity index (χ0n) is 9.94. The third-order valence-electron chi connectivity index (χ3n) is 2.69. The Hall–Kier alpha value is -1.82. The Kier molecular flexibility index (Phi) is 3.99. The Balaban J connectivity index is 1.65. The van der Waals surface area contributed by atoms with Crippen molar-refractivity contribution in [2.24, 2.45) is 0 Å². The van der Waals surface area contributed by atoms with Crippen LogP contribution in [0, 0.1) is 0 Å². The number of nitrogens with one attached hydrogen (secondary N) is 2. The van der Waals surface area contributed by atoms with Crippen LogP contribution in [0.25, 0.3) is 0 Å². The molecule has 0 saturated heterocycles. The summed E-state index contributed by atoms with van der Waals surface area (Å²) in [5.41, 5.74) is 0. The van der Waals surface area contributed by atoms with Crippen molar-refractivity contribution in [3.05, 3.63) is 23.7 Å². The summed E-state index contributed by atoms with van der Waals surface area (Å²) in [7, 11) is 0. The van der Waals surface area contributed by atoms with Crippen molar-refractivity contribution in [3.63, 3.8) is 0 Å². The van der Waals surface area contributed by atoms with Crippen LogP contribution in [0.3, 0.4) is 0 Å². The normalized spacial score (nSPS) is 14.4. The smallest absolute Gasteiger partial charge is 0.371 e. The maximum absolute atomic E-state index is 11.4. The van der Waals surface area contributed by atoms with Gasteiger partial charge in [0.05, 0.1) is 6.54 Å². The molecule has 1 heterocycles. The number of carbonyl (C=O) groups is 2. The van der Waals surface area contributed by atoms with Gasteiger partial charge in [0, 0.05) is 19.0 Å². The average molecular weight is 252 g/mol. The number of amides is 1. The van der Waals surface area contributed by atoms with Crippen LogP contribution in [0.4, 0.5) is 0 Å². The van der Waals surface area contributed by atoms with Crippen LogP contribution in [-0.4, -0.2) is 29.6 Å². The number of hydrogen-bond donors (Lipinski definition) is 3. The quantitative estimate of drug-likeness (QED) is 0.665. The Morgan fingerprint density at radius 3 is 2.78 bits per heavy atom. The lowest BCUT2D eigenvalue weighted by molar-refractivity contribution is -0.121. The number of furan rings is 1. The molecule has 1 fully saturated rings. The van der Waals surface area contributed by atoms with Gasteiger partial charge in [-0.05, 0) is 25.0 Å². The van der Waals surface area contributed by atoms with Crippen molar-refractivity contribution in [1.29, 1.82) is 0 Å². The van der Waals surface area contributed by atoms with Crippen LogP contribution in [-0.2, 0) is 11.3 Å². The van der Waals surface area contributed by atoms with Crippen molar-refractivity contribution in [1.82, 2.24) is 10.6 Å². The third kappa shape index (κ3) is 3.89. The van der Waals surface area contributed by atoms with Crippen LogP contribution in [0.5, 0.6) is 0 Å². The molecule has 1 amide bonds. The summed E-state index contributed by atoms with van der Waals surface area (Å²) in [5, 5.41) is 14.6. The van der Waals surface area contributed by atoms with Gasteiger partial charge in [-0.1, -0.05) is 0 Å². The van der Waals surface area contributed by atoms with Gasteiger partial charge in [-0.15, -0.1) is 0 Å². The summed E-state index contributed by atoms with van der Waals surface area (Å²) in [6.45, 7) is 0.893. The first-order valence-electron chi connectivity index (χ1n) is 5.97. The van der Waals surface area contributed by atoms with Crippen LogP contribution in [0.1, 0.15) is 35.6 Å². The van der Waals surface area contributed by atoms with Gasteiger partial charge in [0.25, 0.3) is 0 Å². The van der Waals surface area contributed by atoms with Gasteiger partial charge in [-0.25, -0.2) is 4.79 Å². The number of carboxylic acid groups (broad SMARTS) is 1. The van der Waals surface area contributed by atoms with E-state index in [9.17, 15) is 9.59 Å². The molecule has 18 heavy (non-hydrogen) atoms. The standard InChI is InChI=1S/C12H16N2O4/c15-11(5-6-13-8-1-2-8)14-7-9-3-4-10(18-9)12(16)17/h3-4,8,13H,1-2,5-7H2,(H,14,15)(H,16,17). The summed E-state index contributed by atoms with van der Waals surface area (Å²) in [4.78, 5) is 22.0. The maximum Gasteiger partial charge on any atom is 0.371 e. The molecule has 1 aromatic rings. The molecule has 0 atom stereocenters. The zero-order chi connectivity index (χ0) is 13.0. The first kappa shape index (κ1) is 12.6. The second-order valence-electron chi connectivity index (χ2n) is 4.33. The molecule has 0 aromatic carbocycles. The lowest BCUT2D eigenvalue weighted by Gasteiger charge is -2.04. The molecule has 1 aliphatic carbocycles. The zero-order valence-corrected chi connectivity index (χ0v) is 9.94. The monoisotopic (exact) mass is 252 g/mol. The lowest BCUT2D eigenvalue weighted by Crippen LogP contribution is -2.28. The van der Waals surface area contributed by atoms with E-state index >= 15 is 0 Å². The van der Waals surface area contributed by atoms with E-state index in [1.165, 1.54) is 18.9 Å². The van der Waals surface area contributed by atoms with E-state index in [0.29, 0.717) is 24.8 Å². The molecule has 98 valence electrons. The fourth-order valence-electron chi connectivity index (χ4n) is 1.54. The van der Waals surface area contributed by atoms with Gasteiger partial charge in [0.2, 0.25) is 11.7 Å². The highest BCUT2D eigenvalue weighted by Crippen LogP contribution is 2.18. The summed E-state index contributed by atoms with van der Waals surface area (Å²) in [5.74, 6) is -0.858. The fourth-order valence-corrected chi connectivity index (χ4v) is 1.54. The molecule has 1 aromatic heterocycles.